The third kappa shape index (κ3) is 0.973. The van der Waals surface area contributed by atoms with E-state index in [1.54, 1.807) is 25.7 Å². The van der Waals surface area contributed by atoms with Crippen LogP contribution in [0.4, 0.5) is 0 Å². The predicted molar refractivity (Wildman–Crippen MR) is 61.6 cm³/mol. The molecule has 3 saturated carbocycles. The van der Waals surface area contributed by atoms with Crippen LogP contribution in [0.2, 0.25) is 0 Å². The van der Waals surface area contributed by atoms with Gasteiger partial charge in [0.1, 0.15) is 0 Å². The summed E-state index contributed by atoms with van der Waals surface area (Å²) in [5.74, 6) is 1.16. The molecule has 0 heterocycles. The molecule has 3 fully saturated rings. The van der Waals surface area contributed by atoms with Gasteiger partial charge in [0.2, 0.25) is 0 Å². The van der Waals surface area contributed by atoms with Crippen molar-refractivity contribution in [2.75, 3.05) is 6.26 Å². The zero-order valence-electron chi connectivity index (χ0n) is 8.81. The first-order valence-corrected chi connectivity index (χ1v) is 7.35. The van der Waals surface area contributed by atoms with E-state index < -0.39 is 0 Å². The van der Waals surface area contributed by atoms with Crippen molar-refractivity contribution in [2.24, 2.45) is 11.3 Å². The Labute approximate surface area is 84.0 Å². The summed E-state index contributed by atoms with van der Waals surface area (Å²) < 4.78 is 0.788. The normalized spacial score (nSPS) is 54.8. The highest BCUT2D eigenvalue weighted by atomic mass is 32.2. The Bertz CT molecular complexity index is 281. The van der Waals surface area contributed by atoms with Gasteiger partial charge in [0.25, 0.3) is 0 Å². The SMILES string of the molecule is C/C=S(/C)[C@@]12CCCC3(CC3C1)C2. The maximum absolute atomic E-state index is 2.48. The van der Waals surface area contributed by atoms with E-state index in [4.69, 9.17) is 0 Å². The Hall–Kier alpha value is 0.220. The molecule has 3 aliphatic rings. The van der Waals surface area contributed by atoms with E-state index in [-0.39, 0.29) is 0 Å². The fourth-order valence-corrected chi connectivity index (χ4v) is 6.05. The van der Waals surface area contributed by atoms with Gasteiger partial charge in [0.15, 0.2) is 0 Å². The summed E-state index contributed by atoms with van der Waals surface area (Å²) in [5, 5.41) is 2.48. The van der Waals surface area contributed by atoms with Crippen LogP contribution in [0.25, 0.3) is 0 Å². The third-order valence-corrected chi connectivity index (χ3v) is 7.58. The molecular formula is C12H20S. The van der Waals surface area contributed by atoms with Crippen molar-refractivity contribution >= 4 is 15.9 Å². The van der Waals surface area contributed by atoms with Crippen molar-refractivity contribution in [1.82, 2.24) is 0 Å². The van der Waals surface area contributed by atoms with Crippen molar-refractivity contribution in [2.45, 2.75) is 50.2 Å². The lowest BCUT2D eigenvalue weighted by Crippen LogP contribution is -2.29. The van der Waals surface area contributed by atoms with Gasteiger partial charge < -0.3 is 0 Å². The minimum Gasteiger partial charge on any atom is -0.187 e. The van der Waals surface area contributed by atoms with Crippen LogP contribution in [-0.2, 0) is 0 Å². The molecule has 4 atom stereocenters. The standard InChI is InChI=1S/C12H20S/c1-3-13(2)12-6-4-5-11(9-12)7-10(11)8-12/h3,10H,4-9H2,1-2H3/t10?,11?,12-,13?/m0/s1. The van der Waals surface area contributed by atoms with Crippen LogP contribution in [0.5, 0.6) is 0 Å². The molecule has 0 saturated heterocycles. The first-order valence-electron chi connectivity index (χ1n) is 5.65. The lowest BCUT2D eigenvalue weighted by atomic mass is 9.83. The van der Waals surface area contributed by atoms with Crippen molar-refractivity contribution < 1.29 is 0 Å². The molecule has 0 aromatic carbocycles. The summed E-state index contributed by atoms with van der Waals surface area (Å²) in [4.78, 5) is 0. The fourth-order valence-electron chi connectivity index (χ4n) is 4.10. The Morgan fingerprint density at radius 3 is 2.92 bits per heavy atom. The minimum atomic E-state index is 0.599. The van der Waals surface area contributed by atoms with Crippen LogP contribution in [-0.4, -0.2) is 16.4 Å². The Morgan fingerprint density at radius 2 is 2.15 bits per heavy atom. The van der Waals surface area contributed by atoms with Gasteiger partial charge in [-0.1, -0.05) is 11.8 Å². The second kappa shape index (κ2) is 2.42. The van der Waals surface area contributed by atoms with E-state index in [1.165, 1.54) is 12.8 Å². The van der Waals surface area contributed by atoms with Crippen LogP contribution < -0.4 is 0 Å². The predicted octanol–water partition coefficient (Wildman–Crippen LogP) is 3.43. The lowest BCUT2D eigenvalue weighted by molar-refractivity contribution is 0.324. The largest absolute Gasteiger partial charge is 0.187 e. The summed E-state index contributed by atoms with van der Waals surface area (Å²) in [6.07, 6.45) is 11.9. The second-order valence-electron chi connectivity index (χ2n) is 5.47. The molecule has 13 heavy (non-hydrogen) atoms. The van der Waals surface area contributed by atoms with Crippen LogP contribution in [0.1, 0.15) is 45.4 Å². The number of rotatable bonds is 1. The molecule has 0 aliphatic heterocycles. The van der Waals surface area contributed by atoms with Gasteiger partial charge in [0, 0.05) is 4.75 Å². The van der Waals surface area contributed by atoms with Crippen molar-refractivity contribution in [3.8, 4) is 0 Å². The van der Waals surface area contributed by atoms with Gasteiger partial charge in [-0.2, -0.15) is 10.5 Å². The number of hydrogen-bond acceptors (Lipinski definition) is 0. The maximum Gasteiger partial charge on any atom is 0.0113 e. The average Bonchev–Trinajstić information content (AvgIpc) is 2.70. The quantitative estimate of drug-likeness (QED) is 0.564. The molecule has 0 N–H and O–H groups in total. The molecule has 1 spiro atoms. The van der Waals surface area contributed by atoms with Gasteiger partial charge in [-0.3, -0.25) is 0 Å². The third-order valence-electron chi connectivity index (χ3n) is 5.00. The van der Waals surface area contributed by atoms with E-state index in [0.29, 0.717) is 10.5 Å². The smallest absolute Gasteiger partial charge is 0.0113 e. The van der Waals surface area contributed by atoms with Crippen LogP contribution in [0.15, 0.2) is 0 Å². The topological polar surface area (TPSA) is 0 Å². The van der Waals surface area contributed by atoms with Crippen LogP contribution >= 0.6 is 10.5 Å². The Morgan fingerprint density at radius 1 is 1.31 bits per heavy atom. The molecule has 74 valence electrons. The molecule has 2 bridgehead atoms. The van der Waals surface area contributed by atoms with E-state index in [0.717, 1.165) is 16.1 Å². The molecule has 0 amide bonds. The van der Waals surface area contributed by atoms with Crippen molar-refractivity contribution in [3.05, 3.63) is 0 Å². The van der Waals surface area contributed by atoms with E-state index >= 15 is 0 Å². The monoisotopic (exact) mass is 196 g/mol. The average molecular weight is 196 g/mol. The number of fused-ring (bicyclic) bond motifs is 1. The second-order valence-corrected chi connectivity index (χ2v) is 7.93. The first-order chi connectivity index (χ1) is 6.21. The molecule has 3 rings (SSSR count). The van der Waals surface area contributed by atoms with Gasteiger partial charge in [-0.15, -0.1) is 0 Å². The van der Waals surface area contributed by atoms with Gasteiger partial charge in [0.05, 0.1) is 0 Å². The molecule has 3 unspecified atom stereocenters. The zero-order valence-corrected chi connectivity index (χ0v) is 9.62. The maximum atomic E-state index is 2.48. The molecule has 3 aliphatic carbocycles. The summed E-state index contributed by atoms with van der Waals surface area (Å²) in [6.45, 7) is 2.27. The van der Waals surface area contributed by atoms with Gasteiger partial charge in [-0.25, -0.2) is 0 Å². The highest BCUT2D eigenvalue weighted by Crippen LogP contribution is 2.75. The molecule has 1 heteroatoms. The summed E-state index contributed by atoms with van der Waals surface area (Å²) in [5.41, 5.74) is 0.891. The Balaban J connectivity index is 1.94. The van der Waals surface area contributed by atoms with Gasteiger partial charge in [-0.05, 0) is 56.6 Å². The summed E-state index contributed by atoms with van der Waals surface area (Å²) in [6, 6.07) is 0. The fraction of sp³-hybridized carbons (Fsp3) is 0.917. The number of hydrogen-bond donors (Lipinski definition) is 0. The van der Waals surface area contributed by atoms with Crippen molar-refractivity contribution in [1.29, 1.82) is 0 Å². The van der Waals surface area contributed by atoms with Crippen molar-refractivity contribution in [3.63, 3.8) is 0 Å². The molecular weight excluding hydrogens is 176 g/mol. The first kappa shape index (κ1) is 8.52. The highest BCUT2D eigenvalue weighted by molar-refractivity contribution is 8.15. The van der Waals surface area contributed by atoms with E-state index in [9.17, 15) is 0 Å². The summed E-state index contributed by atoms with van der Waals surface area (Å²) >= 11 is 0. The molecule has 0 aromatic rings. The summed E-state index contributed by atoms with van der Waals surface area (Å²) in [7, 11) is 0.599. The van der Waals surface area contributed by atoms with Crippen LogP contribution in [0, 0.1) is 11.3 Å². The van der Waals surface area contributed by atoms with Crippen LogP contribution in [0.3, 0.4) is 0 Å². The Kier molecular flexibility index (Phi) is 1.59. The molecule has 0 radical (unpaired) electrons. The molecule has 0 nitrogen and oxygen atoms in total. The lowest BCUT2D eigenvalue weighted by Gasteiger charge is -2.38. The minimum absolute atomic E-state index is 0.599. The van der Waals surface area contributed by atoms with Gasteiger partial charge >= 0.3 is 0 Å². The van der Waals surface area contributed by atoms with E-state index in [1.807, 2.05) is 0 Å². The highest BCUT2D eigenvalue weighted by Gasteiger charge is 2.66. The zero-order chi connectivity index (χ0) is 9.10. The molecule has 0 aromatic heterocycles. The van der Waals surface area contributed by atoms with E-state index in [2.05, 4.69) is 18.5 Å².